The van der Waals surface area contributed by atoms with E-state index in [1.165, 1.54) is 6.92 Å². The highest BCUT2D eigenvalue weighted by Crippen LogP contribution is 2.28. The number of aromatic nitrogens is 2. The minimum Gasteiger partial charge on any atom is -0.548 e. The highest BCUT2D eigenvalue weighted by molar-refractivity contribution is 5.93. The molecule has 0 radical (unpaired) electrons. The lowest BCUT2D eigenvalue weighted by Crippen LogP contribution is -2.39. The lowest BCUT2D eigenvalue weighted by atomic mass is 10.0. The number of anilines is 1. The minimum absolute atomic E-state index is 0.275. The van der Waals surface area contributed by atoms with E-state index in [0.717, 1.165) is 27.7 Å². The first-order valence-electron chi connectivity index (χ1n) is 7.36. The molecule has 3 aromatic rings. The van der Waals surface area contributed by atoms with Crippen molar-refractivity contribution in [2.45, 2.75) is 19.9 Å². The van der Waals surface area contributed by atoms with E-state index >= 15 is 0 Å². The summed E-state index contributed by atoms with van der Waals surface area (Å²) in [6.07, 6.45) is 0. The van der Waals surface area contributed by atoms with Gasteiger partial charge in [-0.05, 0) is 26.0 Å². The lowest BCUT2D eigenvalue weighted by Gasteiger charge is -2.16. The van der Waals surface area contributed by atoms with Crippen LogP contribution in [0.25, 0.3) is 22.2 Å². The largest absolute Gasteiger partial charge is 0.548 e. The first-order valence-corrected chi connectivity index (χ1v) is 7.36. The molecule has 5 nitrogen and oxygen atoms in total. The van der Waals surface area contributed by atoms with Crippen LogP contribution >= 0.6 is 0 Å². The maximum Gasteiger partial charge on any atom is 0.224 e. The number of rotatable bonds is 4. The number of carboxylic acid groups (broad SMARTS) is 1. The molecule has 0 aliphatic rings. The van der Waals surface area contributed by atoms with Crippen LogP contribution in [-0.4, -0.2) is 22.0 Å². The van der Waals surface area contributed by atoms with Gasteiger partial charge in [0.05, 0.1) is 23.2 Å². The first-order chi connectivity index (χ1) is 11.0. The molecule has 0 aliphatic carbocycles. The SMILES string of the molecule is Cc1ccc2nc(NC(C)C(=O)[O-])nc(-c3ccccc3)c2c1. The molecule has 0 spiro atoms. The second-order valence-corrected chi connectivity index (χ2v) is 5.47. The van der Waals surface area contributed by atoms with E-state index in [0.29, 0.717) is 0 Å². The fourth-order valence-electron chi connectivity index (χ4n) is 2.38. The summed E-state index contributed by atoms with van der Waals surface area (Å²) in [5.41, 5.74) is 3.60. The van der Waals surface area contributed by atoms with Crippen molar-refractivity contribution in [1.82, 2.24) is 9.97 Å². The van der Waals surface area contributed by atoms with Crippen LogP contribution in [0.3, 0.4) is 0 Å². The first kappa shape index (κ1) is 15.0. The smallest absolute Gasteiger partial charge is 0.224 e. The third-order valence-electron chi connectivity index (χ3n) is 3.60. The molecule has 116 valence electrons. The molecule has 0 bridgehead atoms. The van der Waals surface area contributed by atoms with Crippen LogP contribution in [0, 0.1) is 6.92 Å². The maximum atomic E-state index is 10.9. The molecule has 3 rings (SSSR count). The number of hydrogen-bond donors (Lipinski definition) is 1. The molecular formula is C18H16N3O2-. The van der Waals surface area contributed by atoms with Gasteiger partial charge in [-0.15, -0.1) is 0 Å². The van der Waals surface area contributed by atoms with Gasteiger partial charge in [0, 0.05) is 10.9 Å². The monoisotopic (exact) mass is 306 g/mol. The standard InChI is InChI=1S/C18H17N3O2/c1-11-8-9-15-14(10-11)16(13-6-4-3-5-7-13)21-18(20-15)19-12(2)17(22)23/h3-10,12H,1-2H3,(H,22,23)(H,19,20,21)/p-1. The van der Waals surface area contributed by atoms with Gasteiger partial charge < -0.3 is 15.2 Å². The van der Waals surface area contributed by atoms with E-state index in [2.05, 4.69) is 15.3 Å². The number of carbonyl (C=O) groups excluding carboxylic acids is 1. The second-order valence-electron chi connectivity index (χ2n) is 5.47. The fourth-order valence-corrected chi connectivity index (χ4v) is 2.38. The predicted molar refractivity (Wildman–Crippen MR) is 87.8 cm³/mol. The van der Waals surface area contributed by atoms with Crippen LogP contribution in [-0.2, 0) is 4.79 Å². The normalized spacial score (nSPS) is 12.1. The summed E-state index contributed by atoms with van der Waals surface area (Å²) < 4.78 is 0. The topological polar surface area (TPSA) is 77.9 Å². The Hall–Kier alpha value is -2.95. The molecule has 0 saturated carbocycles. The Balaban J connectivity index is 2.18. The number of carboxylic acids is 1. The molecule has 1 heterocycles. The number of aryl methyl sites for hydroxylation is 1. The van der Waals surface area contributed by atoms with E-state index in [4.69, 9.17) is 0 Å². The molecular weight excluding hydrogens is 290 g/mol. The zero-order chi connectivity index (χ0) is 16.4. The number of carbonyl (C=O) groups is 1. The summed E-state index contributed by atoms with van der Waals surface area (Å²) in [5.74, 6) is -0.921. The Kier molecular flexibility index (Phi) is 3.93. The van der Waals surface area contributed by atoms with Crippen LogP contribution < -0.4 is 10.4 Å². The van der Waals surface area contributed by atoms with Gasteiger partial charge in [0.15, 0.2) is 0 Å². The lowest BCUT2D eigenvalue weighted by molar-refractivity contribution is -0.306. The van der Waals surface area contributed by atoms with Crippen LogP contribution in [0.15, 0.2) is 48.5 Å². The van der Waals surface area contributed by atoms with Gasteiger partial charge in [-0.3, -0.25) is 0 Å². The molecule has 2 aromatic carbocycles. The van der Waals surface area contributed by atoms with Crippen molar-refractivity contribution in [1.29, 1.82) is 0 Å². The molecule has 1 N–H and O–H groups in total. The third-order valence-corrected chi connectivity index (χ3v) is 3.60. The molecule has 5 heteroatoms. The van der Waals surface area contributed by atoms with Gasteiger partial charge in [-0.2, -0.15) is 0 Å². The summed E-state index contributed by atoms with van der Waals surface area (Å²) in [7, 11) is 0. The Labute approximate surface area is 134 Å². The van der Waals surface area contributed by atoms with E-state index < -0.39 is 12.0 Å². The molecule has 0 amide bonds. The summed E-state index contributed by atoms with van der Waals surface area (Å²) in [6, 6.07) is 14.8. The van der Waals surface area contributed by atoms with Gasteiger partial charge in [0.2, 0.25) is 5.95 Å². The number of hydrogen-bond acceptors (Lipinski definition) is 5. The highest BCUT2D eigenvalue weighted by atomic mass is 16.4. The highest BCUT2D eigenvalue weighted by Gasteiger charge is 2.12. The number of nitrogens with zero attached hydrogens (tertiary/aromatic N) is 2. The van der Waals surface area contributed by atoms with Crippen molar-refractivity contribution in [3.05, 3.63) is 54.1 Å². The average molecular weight is 306 g/mol. The Bertz CT molecular complexity index is 863. The molecule has 23 heavy (non-hydrogen) atoms. The number of aliphatic carboxylic acids is 1. The van der Waals surface area contributed by atoms with Crippen LogP contribution in [0.2, 0.25) is 0 Å². The number of benzene rings is 2. The quantitative estimate of drug-likeness (QED) is 0.799. The van der Waals surface area contributed by atoms with E-state index in [1.807, 2.05) is 55.5 Å². The number of fused-ring (bicyclic) bond motifs is 1. The van der Waals surface area contributed by atoms with Crippen molar-refractivity contribution < 1.29 is 9.90 Å². The van der Waals surface area contributed by atoms with Gasteiger partial charge in [-0.1, -0.05) is 42.0 Å². The van der Waals surface area contributed by atoms with E-state index in [9.17, 15) is 9.90 Å². The van der Waals surface area contributed by atoms with Crippen molar-refractivity contribution in [3.63, 3.8) is 0 Å². The Morgan fingerprint density at radius 3 is 2.57 bits per heavy atom. The van der Waals surface area contributed by atoms with Crippen LogP contribution in [0.1, 0.15) is 12.5 Å². The minimum atomic E-state index is -1.20. The van der Waals surface area contributed by atoms with Gasteiger partial charge in [0.25, 0.3) is 0 Å². The van der Waals surface area contributed by atoms with Gasteiger partial charge in [0.1, 0.15) is 0 Å². The van der Waals surface area contributed by atoms with Crippen LogP contribution in [0.4, 0.5) is 5.95 Å². The van der Waals surface area contributed by atoms with Crippen molar-refractivity contribution in [3.8, 4) is 11.3 Å². The van der Waals surface area contributed by atoms with Crippen molar-refractivity contribution in [2.24, 2.45) is 0 Å². The Morgan fingerprint density at radius 2 is 1.87 bits per heavy atom. The third kappa shape index (κ3) is 3.13. The zero-order valence-electron chi connectivity index (χ0n) is 12.9. The molecule has 1 unspecified atom stereocenters. The maximum absolute atomic E-state index is 10.9. The second kappa shape index (κ2) is 6.04. The van der Waals surface area contributed by atoms with Gasteiger partial charge in [-0.25, -0.2) is 9.97 Å². The average Bonchev–Trinajstić information content (AvgIpc) is 2.55. The molecule has 0 saturated heterocycles. The van der Waals surface area contributed by atoms with E-state index in [1.54, 1.807) is 0 Å². The van der Waals surface area contributed by atoms with Crippen molar-refractivity contribution >= 4 is 22.8 Å². The summed E-state index contributed by atoms with van der Waals surface area (Å²) in [6.45, 7) is 3.51. The van der Waals surface area contributed by atoms with Crippen molar-refractivity contribution in [2.75, 3.05) is 5.32 Å². The Morgan fingerprint density at radius 1 is 1.13 bits per heavy atom. The van der Waals surface area contributed by atoms with E-state index in [-0.39, 0.29) is 5.95 Å². The summed E-state index contributed by atoms with van der Waals surface area (Å²) >= 11 is 0. The molecule has 0 aliphatic heterocycles. The predicted octanol–water partition coefficient (Wildman–Crippen LogP) is 2.16. The fraction of sp³-hybridized carbons (Fsp3) is 0.167. The van der Waals surface area contributed by atoms with Crippen LogP contribution in [0.5, 0.6) is 0 Å². The molecule has 0 fully saturated rings. The molecule has 1 atom stereocenters. The summed E-state index contributed by atoms with van der Waals surface area (Å²) in [4.78, 5) is 19.9. The zero-order valence-corrected chi connectivity index (χ0v) is 12.9. The number of nitrogens with one attached hydrogen (secondary N) is 1. The van der Waals surface area contributed by atoms with Gasteiger partial charge >= 0.3 is 0 Å². The molecule has 1 aromatic heterocycles. The summed E-state index contributed by atoms with van der Waals surface area (Å²) in [5, 5.41) is 14.6.